The summed E-state index contributed by atoms with van der Waals surface area (Å²) >= 11 is 0. The van der Waals surface area contributed by atoms with Gasteiger partial charge in [0.2, 0.25) is 0 Å². The molecule has 0 unspecified atom stereocenters. The number of fused-ring (bicyclic) bond motifs is 4. The second kappa shape index (κ2) is 9.44. The van der Waals surface area contributed by atoms with Gasteiger partial charge in [0.25, 0.3) is 4.66 Å². The molecule has 37 heavy (non-hydrogen) atoms. The van der Waals surface area contributed by atoms with Crippen molar-refractivity contribution in [1.82, 2.24) is 14.7 Å². The number of likely N-dealkylation sites (tertiary alicyclic amines) is 1. The Balaban J connectivity index is 1.46. The number of aromatic amines is 1. The van der Waals surface area contributed by atoms with Gasteiger partial charge in [0.15, 0.2) is 11.6 Å². The molecule has 4 aromatic rings. The summed E-state index contributed by atoms with van der Waals surface area (Å²) in [5, 5.41) is 6.19. The van der Waals surface area contributed by atoms with Crippen molar-refractivity contribution in [2.45, 2.75) is 39.2 Å². The maximum absolute atomic E-state index is 13.7. The average molecular weight is 497 g/mol. The van der Waals surface area contributed by atoms with E-state index in [1.165, 1.54) is 19.3 Å². The predicted molar refractivity (Wildman–Crippen MR) is 142 cm³/mol. The van der Waals surface area contributed by atoms with Crippen molar-refractivity contribution in [3.05, 3.63) is 87.3 Å². The molecule has 0 saturated carbocycles. The van der Waals surface area contributed by atoms with Gasteiger partial charge in [0.05, 0.1) is 28.3 Å². The molecule has 2 aliphatic rings. The molecule has 0 amide bonds. The van der Waals surface area contributed by atoms with E-state index in [1.54, 1.807) is 28.9 Å². The van der Waals surface area contributed by atoms with Crippen LogP contribution in [0.25, 0.3) is 11.0 Å². The zero-order valence-electron chi connectivity index (χ0n) is 20.9. The molecule has 1 fully saturated rings. The van der Waals surface area contributed by atoms with Crippen molar-refractivity contribution in [1.29, 1.82) is 0 Å². The molecule has 1 saturated heterocycles. The Kier molecular flexibility index (Phi) is 5.96. The summed E-state index contributed by atoms with van der Waals surface area (Å²) in [7, 11) is 0. The van der Waals surface area contributed by atoms with Crippen LogP contribution in [0, 0.1) is 11.8 Å². The van der Waals surface area contributed by atoms with Crippen molar-refractivity contribution in [2.24, 2.45) is 0 Å². The second-order valence-electron chi connectivity index (χ2n) is 10.0. The molecule has 2 heterocycles. The Labute approximate surface area is 214 Å². The van der Waals surface area contributed by atoms with E-state index in [9.17, 15) is 14.5 Å². The predicted octanol–water partition coefficient (Wildman–Crippen LogP) is 4.59. The van der Waals surface area contributed by atoms with Gasteiger partial charge in [0.1, 0.15) is 11.0 Å². The van der Waals surface area contributed by atoms with Crippen molar-refractivity contribution in [2.75, 3.05) is 25.0 Å². The van der Waals surface area contributed by atoms with Crippen molar-refractivity contribution < 1.29 is 14.2 Å². The lowest BCUT2D eigenvalue weighted by molar-refractivity contribution is -0.649. The maximum Gasteiger partial charge on any atom is 0.258 e. The summed E-state index contributed by atoms with van der Waals surface area (Å²) in [5.74, 6) is -0.490. The van der Waals surface area contributed by atoms with Gasteiger partial charge in [-0.15, -0.1) is 0 Å². The number of nitrogens with one attached hydrogen (secondary N) is 2. The molecule has 1 aliphatic heterocycles. The van der Waals surface area contributed by atoms with Crippen LogP contribution >= 0.6 is 0 Å². The third-order valence-corrected chi connectivity index (χ3v) is 7.51. The van der Waals surface area contributed by atoms with E-state index in [1.807, 2.05) is 37.3 Å². The van der Waals surface area contributed by atoms with Crippen LogP contribution in [0.3, 0.4) is 0 Å². The van der Waals surface area contributed by atoms with Crippen LogP contribution in [0.2, 0.25) is 0 Å². The smallest absolute Gasteiger partial charge is 0.258 e. The van der Waals surface area contributed by atoms with Crippen LogP contribution in [0.1, 0.15) is 63.1 Å². The standard InChI is InChI=1S/C29H29N5O3/c1-19-10-12-20(13-11-19)30-23-18-24-27(26-25(23)28(35)21-8-3-4-9-22(21)29(26)36)31-34(37)33(24)17-7-16-32-14-5-2-6-15-32/h3-4,8-13,18H,2,5-7,14-17H2,1H3,(H-,30,31,35,36,37)/p+1. The van der Waals surface area contributed by atoms with Gasteiger partial charge in [0, 0.05) is 23.4 Å². The largest absolute Gasteiger partial charge is 0.355 e. The van der Waals surface area contributed by atoms with E-state index in [-0.39, 0.29) is 17.1 Å². The first-order chi connectivity index (χ1) is 18.0. The molecule has 0 spiro atoms. The lowest BCUT2D eigenvalue weighted by Gasteiger charge is -2.25. The lowest BCUT2D eigenvalue weighted by atomic mass is 9.82. The third kappa shape index (κ3) is 4.17. The quantitative estimate of drug-likeness (QED) is 0.336. The minimum absolute atomic E-state index is 0.231. The molecule has 8 heteroatoms. The fourth-order valence-electron chi connectivity index (χ4n) is 5.58. The number of hydrogen-bond donors (Lipinski definition) is 2. The minimum atomic E-state index is -0.259. The van der Waals surface area contributed by atoms with Gasteiger partial charge < -0.3 is 10.2 Å². The number of carbonyl (C=O) groups is 2. The number of anilines is 2. The first-order valence-electron chi connectivity index (χ1n) is 13.0. The highest BCUT2D eigenvalue weighted by molar-refractivity contribution is 6.33. The number of aromatic nitrogens is 3. The molecule has 6 rings (SSSR count). The summed E-state index contributed by atoms with van der Waals surface area (Å²) < 4.78 is 2.31. The van der Waals surface area contributed by atoms with Gasteiger partial charge in [-0.2, -0.15) is 0 Å². The number of rotatable bonds is 6. The van der Waals surface area contributed by atoms with E-state index in [0.29, 0.717) is 44.6 Å². The highest BCUT2D eigenvalue weighted by Crippen LogP contribution is 2.37. The number of piperidine rings is 1. The molecule has 8 nitrogen and oxygen atoms in total. The van der Waals surface area contributed by atoms with Gasteiger partial charge in [-0.1, -0.05) is 58.2 Å². The molecule has 1 aliphatic carbocycles. The maximum atomic E-state index is 13.7. The fourth-order valence-corrected chi connectivity index (χ4v) is 5.58. The number of aryl methyl sites for hydroxylation is 2. The highest BCUT2D eigenvalue weighted by atomic mass is 16.3. The molecule has 0 radical (unpaired) electrons. The molecule has 188 valence electrons. The van der Waals surface area contributed by atoms with E-state index in [2.05, 4.69) is 15.3 Å². The molecular weight excluding hydrogens is 466 g/mol. The molecule has 0 atom stereocenters. The average Bonchev–Trinajstić information content (AvgIpc) is 3.23. The number of hydrogen-bond acceptors (Lipinski definition) is 5. The Bertz CT molecular complexity index is 1580. The van der Waals surface area contributed by atoms with E-state index < -0.39 is 0 Å². The summed E-state index contributed by atoms with van der Waals surface area (Å²) in [6.45, 7) is 5.63. The van der Waals surface area contributed by atoms with Crippen LogP contribution in [-0.2, 0) is 6.54 Å². The van der Waals surface area contributed by atoms with Crippen LogP contribution in [0.4, 0.5) is 11.4 Å². The molecule has 0 bridgehead atoms. The molecule has 3 aromatic carbocycles. The zero-order valence-corrected chi connectivity index (χ0v) is 20.9. The normalized spacial score (nSPS) is 15.6. The minimum Gasteiger partial charge on any atom is -0.355 e. The van der Waals surface area contributed by atoms with Gasteiger partial charge >= 0.3 is 0 Å². The van der Waals surface area contributed by atoms with Crippen LogP contribution < -0.4 is 9.97 Å². The third-order valence-electron chi connectivity index (χ3n) is 7.51. The van der Waals surface area contributed by atoms with E-state index >= 15 is 0 Å². The SMILES string of the molecule is Cc1ccc(Nc2cc3c([nH][n+](=O)n3CCCN3CCCCC3)c3c2C(=O)c2ccccc2C3=O)cc1. The summed E-state index contributed by atoms with van der Waals surface area (Å²) in [5.41, 5.74) is 4.70. The van der Waals surface area contributed by atoms with E-state index in [4.69, 9.17) is 0 Å². The number of ketones is 2. The number of carbonyl (C=O) groups excluding carboxylic acids is 2. The van der Waals surface area contributed by atoms with Gasteiger partial charge in [-0.25, -0.2) is 0 Å². The topological polar surface area (TPSA) is 93.1 Å². The summed E-state index contributed by atoms with van der Waals surface area (Å²) in [6, 6.07) is 16.5. The highest BCUT2D eigenvalue weighted by Gasteiger charge is 2.36. The van der Waals surface area contributed by atoms with Gasteiger partial charge in [-0.3, -0.25) is 9.59 Å². The monoisotopic (exact) mass is 496 g/mol. The first-order valence-corrected chi connectivity index (χ1v) is 13.0. The van der Waals surface area contributed by atoms with Gasteiger partial charge in [-0.05, 0) is 57.5 Å². The number of H-pyrrole nitrogens is 1. The summed E-state index contributed by atoms with van der Waals surface area (Å²) in [6.07, 6.45) is 4.54. The number of nitrogens with zero attached hydrogens (tertiary/aromatic N) is 3. The lowest BCUT2D eigenvalue weighted by Crippen LogP contribution is -2.33. The summed E-state index contributed by atoms with van der Waals surface area (Å²) in [4.78, 5) is 42.9. The Morgan fingerprint density at radius 3 is 2.27 bits per heavy atom. The molecular formula is C29H30N5O3+. The number of benzene rings is 3. The second-order valence-corrected chi connectivity index (χ2v) is 10.0. The Hall–Kier alpha value is -4.04. The Morgan fingerprint density at radius 2 is 1.57 bits per heavy atom. The van der Waals surface area contributed by atoms with Crippen molar-refractivity contribution in [3.8, 4) is 0 Å². The fraction of sp³-hybridized carbons (Fsp3) is 0.310. The first kappa shape index (κ1) is 23.4. The van der Waals surface area contributed by atoms with E-state index in [0.717, 1.165) is 37.3 Å². The molecule has 2 N–H and O–H groups in total. The molecule has 1 aromatic heterocycles. The van der Waals surface area contributed by atoms with Crippen LogP contribution in [0.15, 0.2) is 54.6 Å². The van der Waals surface area contributed by atoms with Crippen molar-refractivity contribution in [3.63, 3.8) is 0 Å². The zero-order chi connectivity index (χ0) is 25.5. The van der Waals surface area contributed by atoms with Crippen LogP contribution in [-0.4, -0.2) is 45.9 Å². The van der Waals surface area contributed by atoms with Crippen molar-refractivity contribution >= 4 is 34.0 Å². The van der Waals surface area contributed by atoms with Crippen LogP contribution in [0.5, 0.6) is 0 Å². The Morgan fingerprint density at radius 1 is 0.892 bits per heavy atom.